The summed E-state index contributed by atoms with van der Waals surface area (Å²) in [6, 6.07) is 31.5. The number of hydrogen-bond acceptors (Lipinski definition) is 2. The molecule has 0 saturated carbocycles. The van der Waals surface area contributed by atoms with Crippen LogP contribution in [-0.4, -0.2) is 5.78 Å². The molecular formula is C25H20ClNO. The maximum Gasteiger partial charge on any atom is 0.165 e. The first-order chi connectivity index (χ1) is 13.7. The van der Waals surface area contributed by atoms with Crippen LogP contribution in [0.25, 0.3) is 10.8 Å². The Hall–Kier alpha value is -3.10. The van der Waals surface area contributed by atoms with Gasteiger partial charge in [-0.05, 0) is 46.7 Å². The van der Waals surface area contributed by atoms with Crippen LogP contribution in [0.4, 0.5) is 5.69 Å². The summed E-state index contributed by atoms with van der Waals surface area (Å²) < 4.78 is 0. The van der Waals surface area contributed by atoms with Gasteiger partial charge in [-0.25, -0.2) is 0 Å². The third kappa shape index (κ3) is 4.24. The minimum absolute atomic E-state index is 0.112. The summed E-state index contributed by atoms with van der Waals surface area (Å²) in [6.45, 7) is 0. The lowest BCUT2D eigenvalue weighted by Crippen LogP contribution is -2.15. The van der Waals surface area contributed by atoms with Gasteiger partial charge in [0, 0.05) is 22.7 Å². The summed E-state index contributed by atoms with van der Waals surface area (Å²) in [5, 5.41) is 6.39. The number of nitrogens with one attached hydrogen (secondary N) is 1. The van der Waals surface area contributed by atoms with Crippen molar-refractivity contribution < 1.29 is 4.79 Å². The average molecular weight is 386 g/mol. The van der Waals surface area contributed by atoms with Crippen molar-refractivity contribution >= 4 is 33.8 Å². The van der Waals surface area contributed by atoms with Gasteiger partial charge in [-0.3, -0.25) is 4.79 Å². The maximum atomic E-state index is 13.1. The normalized spacial score (nSPS) is 11.9. The van der Waals surface area contributed by atoms with Crippen LogP contribution in [0.3, 0.4) is 0 Å². The highest BCUT2D eigenvalue weighted by atomic mass is 35.5. The Kier molecular flexibility index (Phi) is 5.41. The molecule has 0 spiro atoms. The molecule has 4 rings (SSSR count). The summed E-state index contributed by atoms with van der Waals surface area (Å²) >= 11 is 6.00. The second-order valence-electron chi connectivity index (χ2n) is 6.80. The van der Waals surface area contributed by atoms with E-state index in [1.807, 2.05) is 91.0 Å². The Morgan fingerprint density at radius 3 is 2.21 bits per heavy atom. The highest BCUT2D eigenvalue weighted by molar-refractivity contribution is 6.30. The zero-order chi connectivity index (χ0) is 19.3. The molecule has 0 aliphatic carbocycles. The Balaban J connectivity index is 1.60. The van der Waals surface area contributed by atoms with Gasteiger partial charge in [0.25, 0.3) is 0 Å². The van der Waals surface area contributed by atoms with Gasteiger partial charge in [-0.1, -0.05) is 78.3 Å². The van der Waals surface area contributed by atoms with Crippen LogP contribution in [0, 0.1) is 0 Å². The molecule has 4 aromatic rings. The van der Waals surface area contributed by atoms with Crippen LogP contribution in [0.2, 0.25) is 5.02 Å². The predicted octanol–water partition coefficient (Wildman–Crippen LogP) is 6.92. The Labute approximate surface area is 169 Å². The van der Waals surface area contributed by atoms with Gasteiger partial charge >= 0.3 is 0 Å². The monoisotopic (exact) mass is 385 g/mol. The van der Waals surface area contributed by atoms with Crippen LogP contribution in [-0.2, 0) is 0 Å². The van der Waals surface area contributed by atoms with Crippen LogP contribution < -0.4 is 5.32 Å². The zero-order valence-corrected chi connectivity index (χ0v) is 16.1. The first-order valence-corrected chi connectivity index (χ1v) is 9.66. The first-order valence-electron chi connectivity index (χ1n) is 9.28. The molecule has 0 amide bonds. The molecule has 138 valence electrons. The van der Waals surface area contributed by atoms with E-state index in [1.54, 1.807) is 0 Å². The van der Waals surface area contributed by atoms with E-state index in [9.17, 15) is 4.79 Å². The Bertz CT molecular complexity index is 1090. The van der Waals surface area contributed by atoms with Crippen molar-refractivity contribution in [3.05, 3.63) is 113 Å². The average Bonchev–Trinajstić information content (AvgIpc) is 2.75. The molecular weight excluding hydrogens is 366 g/mol. The third-order valence-electron chi connectivity index (χ3n) is 4.85. The van der Waals surface area contributed by atoms with E-state index in [4.69, 9.17) is 11.6 Å². The fraction of sp³-hybridized carbons (Fsp3) is 0.0800. The number of benzene rings is 4. The van der Waals surface area contributed by atoms with Gasteiger partial charge in [0.05, 0.1) is 6.04 Å². The van der Waals surface area contributed by atoms with Crippen molar-refractivity contribution in [2.75, 3.05) is 5.32 Å². The van der Waals surface area contributed by atoms with Crippen molar-refractivity contribution in [1.29, 1.82) is 0 Å². The number of carbonyl (C=O) groups excluding carboxylic acids is 1. The van der Waals surface area contributed by atoms with E-state index in [-0.39, 0.29) is 11.8 Å². The zero-order valence-electron chi connectivity index (χ0n) is 15.3. The van der Waals surface area contributed by atoms with E-state index in [1.165, 1.54) is 0 Å². The minimum Gasteiger partial charge on any atom is -0.378 e. The molecule has 0 bridgehead atoms. The Morgan fingerprint density at radius 1 is 0.786 bits per heavy atom. The number of ketones is 1. The molecule has 0 heterocycles. The van der Waals surface area contributed by atoms with Crippen LogP contribution >= 0.6 is 11.6 Å². The third-order valence-corrected chi connectivity index (χ3v) is 5.10. The van der Waals surface area contributed by atoms with Crippen LogP contribution in [0.1, 0.15) is 28.4 Å². The smallest absolute Gasteiger partial charge is 0.165 e. The van der Waals surface area contributed by atoms with Gasteiger partial charge in [0.1, 0.15) is 0 Å². The number of hydrogen-bond donors (Lipinski definition) is 1. The summed E-state index contributed by atoms with van der Waals surface area (Å²) in [6.07, 6.45) is 0.366. The first kappa shape index (κ1) is 18.3. The van der Waals surface area contributed by atoms with Crippen LogP contribution in [0.5, 0.6) is 0 Å². The molecule has 1 unspecified atom stereocenters. The Morgan fingerprint density at radius 2 is 1.46 bits per heavy atom. The molecule has 4 aromatic carbocycles. The number of rotatable bonds is 6. The van der Waals surface area contributed by atoms with E-state index >= 15 is 0 Å². The van der Waals surface area contributed by atoms with Gasteiger partial charge in [0.15, 0.2) is 5.78 Å². The highest BCUT2D eigenvalue weighted by Crippen LogP contribution is 2.26. The molecule has 1 N–H and O–H groups in total. The number of Topliss-reactive ketones (excluding diaryl/α,β-unsaturated/α-hetero) is 1. The molecule has 3 heteroatoms. The number of fused-ring (bicyclic) bond motifs is 1. The van der Waals surface area contributed by atoms with Crippen molar-refractivity contribution in [3.8, 4) is 0 Å². The lowest BCUT2D eigenvalue weighted by molar-refractivity contribution is 0.0976. The largest absolute Gasteiger partial charge is 0.378 e. The molecule has 0 aliphatic rings. The highest BCUT2D eigenvalue weighted by Gasteiger charge is 2.17. The number of carbonyl (C=O) groups is 1. The maximum absolute atomic E-state index is 13.1. The summed E-state index contributed by atoms with van der Waals surface area (Å²) in [5.74, 6) is 0.112. The molecule has 0 aromatic heterocycles. The van der Waals surface area contributed by atoms with Crippen LogP contribution in [0.15, 0.2) is 97.1 Å². The topological polar surface area (TPSA) is 29.1 Å². The molecule has 0 saturated heterocycles. The lowest BCUT2D eigenvalue weighted by atomic mass is 9.96. The lowest BCUT2D eigenvalue weighted by Gasteiger charge is -2.20. The van der Waals surface area contributed by atoms with Gasteiger partial charge in [-0.2, -0.15) is 0 Å². The summed E-state index contributed by atoms with van der Waals surface area (Å²) in [7, 11) is 0. The van der Waals surface area contributed by atoms with Gasteiger partial charge in [-0.15, -0.1) is 0 Å². The standard InChI is InChI=1S/C25H20ClNO/c26-22-12-14-23(15-13-22)27-24(19-7-2-1-3-8-19)17-25(28)21-11-10-18-6-4-5-9-20(18)16-21/h1-16,24,27H,17H2. The fourth-order valence-electron chi connectivity index (χ4n) is 3.35. The molecule has 0 aliphatic heterocycles. The van der Waals surface area contributed by atoms with E-state index < -0.39 is 0 Å². The summed E-state index contributed by atoms with van der Waals surface area (Å²) in [5.41, 5.74) is 2.74. The molecule has 2 nitrogen and oxygen atoms in total. The predicted molar refractivity (Wildman–Crippen MR) is 117 cm³/mol. The number of halogens is 1. The van der Waals surface area contributed by atoms with Crippen molar-refractivity contribution in [3.63, 3.8) is 0 Å². The second-order valence-corrected chi connectivity index (χ2v) is 7.24. The van der Waals surface area contributed by atoms with E-state index in [2.05, 4.69) is 11.4 Å². The second kappa shape index (κ2) is 8.28. The SMILES string of the molecule is O=C(CC(Nc1ccc(Cl)cc1)c1ccccc1)c1ccc2ccccc2c1. The molecule has 0 radical (unpaired) electrons. The number of anilines is 1. The van der Waals surface area contributed by atoms with Crippen molar-refractivity contribution in [2.45, 2.75) is 12.5 Å². The van der Waals surface area contributed by atoms with Crippen molar-refractivity contribution in [1.82, 2.24) is 0 Å². The molecule has 0 fully saturated rings. The van der Waals surface area contributed by atoms with Gasteiger partial charge < -0.3 is 5.32 Å². The van der Waals surface area contributed by atoms with Gasteiger partial charge in [0.2, 0.25) is 0 Å². The van der Waals surface area contributed by atoms with E-state index in [0.717, 1.165) is 27.6 Å². The van der Waals surface area contributed by atoms with E-state index in [0.29, 0.717) is 11.4 Å². The fourth-order valence-corrected chi connectivity index (χ4v) is 3.48. The molecule has 1 atom stereocenters. The minimum atomic E-state index is -0.124. The molecule has 28 heavy (non-hydrogen) atoms. The van der Waals surface area contributed by atoms with Crippen molar-refractivity contribution in [2.24, 2.45) is 0 Å². The quantitative estimate of drug-likeness (QED) is 0.365. The summed E-state index contributed by atoms with van der Waals surface area (Å²) in [4.78, 5) is 13.1.